The minimum Gasteiger partial charge on any atom is -0.481 e. The van der Waals surface area contributed by atoms with Crippen molar-refractivity contribution in [1.29, 1.82) is 0 Å². The van der Waals surface area contributed by atoms with Crippen molar-refractivity contribution in [2.45, 2.75) is 19.4 Å². The molecule has 2 N–H and O–H groups in total. The highest BCUT2D eigenvalue weighted by atomic mass is 35.5. The van der Waals surface area contributed by atoms with Crippen molar-refractivity contribution in [2.75, 3.05) is 19.6 Å². The Morgan fingerprint density at radius 3 is 2.96 bits per heavy atom. The number of amidine groups is 1. The number of nitrogens with zero attached hydrogens (tertiary/aromatic N) is 2. The number of fused-ring (bicyclic) bond motifs is 2. The van der Waals surface area contributed by atoms with Gasteiger partial charge in [0, 0.05) is 30.7 Å². The van der Waals surface area contributed by atoms with Crippen LogP contribution >= 0.6 is 11.6 Å². The molecule has 2 heterocycles. The zero-order valence-electron chi connectivity index (χ0n) is 15.6. The maximum atomic E-state index is 11.6. The molecule has 4 rings (SSSR count). The Bertz CT molecular complexity index is 931. The molecule has 2 aliphatic rings. The summed E-state index contributed by atoms with van der Waals surface area (Å²) in [4.78, 5) is 18.7. The summed E-state index contributed by atoms with van der Waals surface area (Å²) in [6.07, 6.45) is 0.575. The smallest absolute Gasteiger partial charge is 0.308 e. The standard InChI is InChI=1S/C21H22ClN3O3/c1-2-14(21(26)27)17-12-25(10-9-23-17)20-15-5-3-4-6-18(15)28-19-8-7-13(22)11-16(19)24-20/h3-8,11,14,17,23H,2,9-10,12H2,1H3,(H,26,27)/t14-,17+/m1/s1. The Balaban J connectivity index is 1.75. The molecule has 0 bridgehead atoms. The molecule has 2 aliphatic heterocycles. The lowest BCUT2D eigenvalue weighted by Crippen LogP contribution is -2.56. The average molecular weight is 400 g/mol. The zero-order chi connectivity index (χ0) is 19.7. The van der Waals surface area contributed by atoms with Crippen LogP contribution in [0.15, 0.2) is 47.5 Å². The van der Waals surface area contributed by atoms with Crippen LogP contribution in [0.1, 0.15) is 18.9 Å². The van der Waals surface area contributed by atoms with Crippen molar-refractivity contribution in [1.82, 2.24) is 10.2 Å². The summed E-state index contributed by atoms with van der Waals surface area (Å²) in [5.41, 5.74) is 1.55. The molecule has 0 radical (unpaired) electrons. The molecule has 28 heavy (non-hydrogen) atoms. The van der Waals surface area contributed by atoms with Gasteiger partial charge in [-0.25, -0.2) is 4.99 Å². The molecule has 2 aromatic carbocycles. The van der Waals surface area contributed by atoms with E-state index in [9.17, 15) is 9.90 Å². The van der Waals surface area contributed by atoms with Gasteiger partial charge in [0.1, 0.15) is 17.3 Å². The number of nitrogens with one attached hydrogen (secondary N) is 1. The van der Waals surface area contributed by atoms with E-state index in [1.807, 2.05) is 37.3 Å². The Morgan fingerprint density at radius 1 is 1.36 bits per heavy atom. The highest BCUT2D eigenvalue weighted by Gasteiger charge is 2.33. The molecule has 0 spiro atoms. The van der Waals surface area contributed by atoms with Crippen LogP contribution < -0.4 is 10.1 Å². The quantitative estimate of drug-likeness (QED) is 0.818. The number of hydrogen-bond acceptors (Lipinski definition) is 5. The fourth-order valence-electron chi connectivity index (χ4n) is 3.81. The summed E-state index contributed by atoms with van der Waals surface area (Å²) in [7, 11) is 0. The highest BCUT2D eigenvalue weighted by molar-refractivity contribution is 6.31. The highest BCUT2D eigenvalue weighted by Crippen LogP contribution is 2.39. The van der Waals surface area contributed by atoms with Crippen LogP contribution in [0.25, 0.3) is 0 Å². The first-order chi connectivity index (χ1) is 13.6. The van der Waals surface area contributed by atoms with E-state index >= 15 is 0 Å². The van der Waals surface area contributed by atoms with Gasteiger partial charge >= 0.3 is 5.97 Å². The van der Waals surface area contributed by atoms with Gasteiger partial charge in [-0.1, -0.05) is 30.7 Å². The first-order valence-electron chi connectivity index (χ1n) is 9.43. The van der Waals surface area contributed by atoms with E-state index in [2.05, 4.69) is 10.2 Å². The number of benzene rings is 2. The average Bonchev–Trinajstić information content (AvgIpc) is 2.85. The third-order valence-electron chi connectivity index (χ3n) is 5.24. The molecule has 2 atom stereocenters. The summed E-state index contributed by atoms with van der Waals surface area (Å²) >= 11 is 6.18. The number of hydrogen-bond donors (Lipinski definition) is 2. The lowest BCUT2D eigenvalue weighted by molar-refractivity contribution is -0.143. The number of halogens is 1. The van der Waals surface area contributed by atoms with Crippen molar-refractivity contribution < 1.29 is 14.6 Å². The van der Waals surface area contributed by atoms with Gasteiger partial charge < -0.3 is 20.1 Å². The number of para-hydroxylation sites is 1. The van der Waals surface area contributed by atoms with Crippen LogP contribution in [-0.2, 0) is 4.79 Å². The minimum atomic E-state index is -0.773. The van der Waals surface area contributed by atoms with Crippen LogP contribution in [0.5, 0.6) is 11.5 Å². The number of ether oxygens (including phenoxy) is 1. The third-order valence-corrected chi connectivity index (χ3v) is 5.48. The molecular formula is C21H22ClN3O3. The van der Waals surface area contributed by atoms with Crippen molar-refractivity contribution >= 4 is 29.1 Å². The molecule has 6 nitrogen and oxygen atoms in total. The van der Waals surface area contributed by atoms with E-state index in [0.29, 0.717) is 36.0 Å². The molecule has 0 aromatic heterocycles. The first kappa shape index (κ1) is 18.8. The van der Waals surface area contributed by atoms with Crippen LogP contribution in [0, 0.1) is 5.92 Å². The van der Waals surface area contributed by atoms with E-state index in [4.69, 9.17) is 21.3 Å². The minimum absolute atomic E-state index is 0.144. The number of carboxylic acid groups (broad SMARTS) is 1. The maximum absolute atomic E-state index is 11.6. The third kappa shape index (κ3) is 3.57. The Labute approximate surface area is 168 Å². The molecule has 0 amide bonds. The van der Waals surface area contributed by atoms with Crippen LogP contribution in [0.3, 0.4) is 0 Å². The predicted molar refractivity (Wildman–Crippen MR) is 109 cm³/mol. The monoisotopic (exact) mass is 399 g/mol. The van der Waals surface area contributed by atoms with Gasteiger partial charge in [-0.05, 0) is 36.8 Å². The molecule has 0 saturated carbocycles. The van der Waals surface area contributed by atoms with E-state index in [-0.39, 0.29) is 6.04 Å². The fraction of sp³-hybridized carbons (Fsp3) is 0.333. The summed E-state index contributed by atoms with van der Waals surface area (Å²) in [6, 6.07) is 13.0. The Hall–Kier alpha value is -2.57. The van der Waals surface area contributed by atoms with Crippen molar-refractivity contribution in [3.63, 3.8) is 0 Å². The second kappa shape index (κ2) is 7.81. The van der Waals surface area contributed by atoms with Crippen LogP contribution in [0.2, 0.25) is 5.02 Å². The van der Waals surface area contributed by atoms with Crippen molar-refractivity contribution in [2.24, 2.45) is 10.9 Å². The predicted octanol–water partition coefficient (Wildman–Crippen LogP) is 3.91. The number of aliphatic carboxylic acids is 1. The van der Waals surface area contributed by atoms with Gasteiger partial charge in [0.25, 0.3) is 0 Å². The van der Waals surface area contributed by atoms with Gasteiger partial charge in [0.15, 0.2) is 5.75 Å². The number of carboxylic acids is 1. The topological polar surface area (TPSA) is 74.2 Å². The molecule has 1 fully saturated rings. The number of carbonyl (C=O) groups is 1. The van der Waals surface area contributed by atoms with Gasteiger partial charge in [-0.3, -0.25) is 4.79 Å². The summed E-state index contributed by atoms with van der Waals surface area (Å²) < 4.78 is 6.10. The molecular weight excluding hydrogens is 378 g/mol. The van der Waals surface area contributed by atoms with Gasteiger partial charge in [-0.2, -0.15) is 0 Å². The second-order valence-electron chi connectivity index (χ2n) is 7.01. The van der Waals surface area contributed by atoms with E-state index in [1.165, 1.54) is 0 Å². The Kier molecular flexibility index (Phi) is 5.24. The summed E-state index contributed by atoms with van der Waals surface area (Å²) in [5.74, 6) is 0.939. The van der Waals surface area contributed by atoms with E-state index in [1.54, 1.807) is 12.1 Å². The number of rotatable bonds is 3. The Morgan fingerprint density at radius 2 is 2.18 bits per heavy atom. The van der Waals surface area contributed by atoms with Gasteiger partial charge in [-0.15, -0.1) is 0 Å². The normalized spacial score (nSPS) is 19.6. The number of aliphatic imine (C=N–C) groups is 1. The largest absolute Gasteiger partial charge is 0.481 e. The lowest BCUT2D eigenvalue weighted by Gasteiger charge is -2.38. The lowest BCUT2D eigenvalue weighted by atomic mass is 9.94. The molecule has 0 aliphatic carbocycles. The second-order valence-corrected chi connectivity index (χ2v) is 7.44. The number of piperazine rings is 1. The van der Waals surface area contributed by atoms with Crippen molar-refractivity contribution in [3.05, 3.63) is 53.1 Å². The van der Waals surface area contributed by atoms with Crippen LogP contribution in [-0.4, -0.2) is 47.5 Å². The fourth-order valence-corrected chi connectivity index (χ4v) is 3.98. The first-order valence-corrected chi connectivity index (χ1v) is 9.81. The molecule has 146 valence electrons. The molecule has 1 saturated heterocycles. The van der Waals surface area contributed by atoms with E-state index < -0.39 is 11.9 Å². The zero-order valence-corrected chi connectivity index (χ0v) is 16.3. The van der Waals surface area contributed by atoms with Gasteiger partial charge in [0.2, 0.25) is 0 Å². The van der Waals surface area contributed by atoms with E-state index in [0.717, 1.165) is 23.7 Å². The molecule has 7 heteroatoms. The van der Waals surface area contributed by atoms with Crippen LogP contribution in [0.4, 0.5) is 5.69 Å². The summed E-state index contributed by atoms with van der Waals surface area (Å²) in [5, 5.41) is 13.5. The van der Waals surface area contributed by atoms with Gasteiger partial charge in [0.05, 0.1) is 11.5 Å². The maximum Gasteiger partial charge on any atom is 0.308 e. The summed E-state index contributed by atoms with van der Waals surface area (Å²) in [6.45, 7) is 3.90. The molecule has 2 aromatic rings. The molecule has 0 unspecified atom stereocenters. The SMILES string of the molecule is CC[C@@H](C(=O)O)[C@@H]1CN(C2=Nc3cc(Cl)ccc3Oc3ccccc32)CCN1. The van der Waals surface area contributed by atoms with Crippen molar-refractivity contribution in [3.8, 4) is 11.5 Å².